The Bertz CT molecular complexity index is 856. The summed E-state index contributed by atoms with van der Waals surface area (Å²) in [5, 5.41) is 17.7. The van der Waals surface area contributed by atoms with Crippen LogP contribution in [0.3, 0.4) is 0 Å². The van der Waals surface area contributed by atoms with Gasteiger partial charge in [-0.05, 0) is 29.8 Å². The molecule has 0 spiro atoms. The van der Waals surface area contributed by atoms with Gasteiger partial charge in [0.1, 0.15) is 5.69 Å². The molecule has 6 nitrogen and oxygen atoms in total. The fraction of sp³-hybridized carbons (Fsp3) is 0.118. The SMILES string of the molecule is O=C(/C=C/c1ccc(Cl)cc1Cl)NCCNc1c(Cl)cccc1[N+](=O)[O-]. The fourth-order valence-corrected chi connectivity index (χ4v) is 2.78. The summed E-state index contributed by atoms with van der Waals surface area (Å²) in [6.07, 6.45) is 2.91. The van der Waals surface area contributed by atoms with Gasteiger partial charge in [0.25, 0.3) is 5.69 Å². The van der Waals surface area contributed by atoms with Crippen molar-refractivity contribution in [1.29, 1.82) is 0 Å². The zero-order valence-electron chi connectivity index (χ0n) is 13.3. The van der Waals surface area contributed by atoms with E-state index in [0.29, 0.717) is 15.6 Å². The average molecular weight is 415 g/mol. The number of hydrogen-bond acceptors (Lipinski definition) is 4. The smallest absolute Gasteiger partial charge is 0.293 e. The Balaban J connectivity index is 1.86. The first kappa shape index (κ1) is 20.0. The summed E-state index contributed by atoms with van der Waals surface area (Å²) >= 11 is 17.8. The van der Waals surface area contributed by atoms with Crippen LogP contribution in [0.15, 0.2) is 42.5 Å². The van der Waals surface area contributed by atoms with E-state index in [1.54, 1.807) is 30.3 Å². The van der Waals surface area contributed by atoms with Crippen LogP contribution in [-0.4, -0.2) is 23.9 Å². The number of rotatable bonds is 7. The number of nitro benzene ring substituents is 1. The Kier molecular flexibility index (Phi) is 7.26. The lowest BCUT2D eigenvalue weighted by Gasteiger charge is -2.09. The zero-order valence-corrected chi connectivity index (χ0v) is 15.6. The van der Waals surface area contributed by atoms with E-state index >= 15 is 0 Å². The van der Waals surface area contributed by atoms with Crippen LogP contribution in [-0.2, 0) is 4.79 Å². The maximum absolute atomic E-state index is 11.8. The van der Waals surface area contributed by atoms with Gasteiger partial charge in [-0.2, -0.15) is 0 Å². The van der Waals surface area contributed by atoms with Crippen LogP contribution in [0, 0.1) is 10.1 Å². The van der Waals surface area contributed by atoms with Crippen LogP contribution in [0.25, 0.3) is 6.08 Å². The van der Waals surface area contributed by atoms with E-state index in [0.717, 1.165) is 0 Å². The van der Waals surface area contributed by atoms with Gasteiger partial charge in [-0.15, -0.1) is 0 Å². The molecule has 0 aromatic heterocycles. The van der Waals surface area contributed by atoms with Gasteiger partial charge in [-0.1, -0.05) is 46.9 Å². The minimum atomic E-state index is -0.522. The summed E-state index contributed by atoms with van der Waals surface area (Å²) in [4.78, 5) is 22.3. The highest BCUT2D eigenvalue weighted by Crippen LogP contribution is 2.31. The van der Waals surface area contributed by atoms with E-state index in [1.165, 1.54) is 18.2 Å². The first-order valence-electron chi connectivity index (χ1n) is 7.46. The maximum atomic E-state index is 11.8. The van der Waals surface area contributed by atoms with E-state index in [1.807, 2.05) is 0 Å². The molecule has 2 aromatic rings. The molecule has 0 saturated carbocycles. The lowest BCUT2D eigenvalue weighted by atomic mass is 10.2. The van der Waals surface area contributed by atoms with Crippen molar-refractivity contribution in [2.75, 3.05) is 18.4 Å². The van der Waals surface area contributed by atoms with Crippen LogP contribution in [0.4, 0.5) is 11.4 Å². The minimum Gasteiger partial charge on any atom is -0.376 e. The van der Waals surface area contributed by atoms with Crippen molar-refractivity contribution in [2.45, 2.75) is 0 Å². The van der Waals surface area contributed by atoms with Gasteiger partial charge in [0, 0.05) is 35.3 Å². The third-order valence-electron chi connectivity index (χ3n) is 3.29. The lowest BCUT2D eigenvalue weighted by Crippen LogP contribution is -2.27. The van der Waals surface area contributed by atoms with Crippen LogP contribution >= 0.6 is 34.8 Å². The highest BCUT2D eigenvalue weighted by molar-refractivity contribution is 6.35. The monoisotopic (exact) mass is 413 g/mol. The largest absolute Gasteiger partial charge is 0.376 e. The number of nitrogens with one attached hydrogen (secondary N) is 2. The van der Waals surface area contributed by atoms with Crippen molar-refractivity contribution in [1.82, 2.24) is 5.32 Å². The number of carbonyl (C=O) groups is 1. The van der Waals surface area contributed by atoms with Crippen LogP contribution < -0.4 is 10.6 Å². The predicted octanol–water partition coefficient (Wildman–Crippen LogP) is 4.80. The minimum absolute atomic E-state index is 0.124. The Labute approximate surface area is 164 Å². The summed E-state index contributed by atoms with van der Waals surface area (Å²) in [6.45, 7) is 0.520. The molecule has 9 heteroatoms. The standard InChI is InChI=1S/C17H14Cl3N3O3/c18-12-6-4-11(14(20)10-12)5-7-16(24)21-8-9-22-17-13(19)2-1-3-15(17)23(25)26/h1-7,10,22H,8-9H2,(H,21,24)/b7-5+. The number of nitro groups is 1. The summed E-state index contributed by atoms with van der Waals surface area (Å²) in [6, 6.07) is 9.36. The molecule has 0 fully saturated rings. The van der Waals surface area contributed by atoms with E-state index in [-0.39, 0.29) is 35.4 Å². The molecule has 2 rings (SSSR count). The summed E-state index contributed by atoms with van der Waals surface area (Å²) < 4.78 is 0. The van der Waals surface area contributed by atoms with E-state index in [9.17, 15) is 14.9 Å². The highest BCUT2D eigenvalue weighted by Gasteiger charge is 2.15. The van der Waals surface area contributed by atoms with Gasteiger partial charge in [0.05, 0.1) is 9.95 Å². The van der Waals surface area contributed by atoms with Crippen LogP contribution in [0.5, 0.6) is 0 Å². The summed E-state index contributed by atoms with van der Waals surface area (Å²) in [5.74, 6) is -0.327. The Hall–Kier alpha value is -2.28. The fourth-order valence-electron chi connectivity index (χ4n) is 2.07. The maximum Gasteiger partial charge on any atom is 0.293 e. The van der Waals surface area contributed by atoms with Crippen molar-refractivity contribution in [3.8, 4) is 0 Å². The van der Waals surface area contributed by atoms with Crippen molar-refractivity contribution >= 4 is 58.2 Å². The number of halogens is 3. The van der Waals surface area contributed by atoms with Gasteiger partial charge in [-0.25, -0.2) is 0 Å². The van der Waals surface area contributed by atoms with Gasteiger partial charge in [0.15, 0.2) is 0 Å². The van der Waals surface area contributed by atoms with Crippen molar-refractivity contribution in [3.05, 3.63) is 73.2 Å². The second kappa shape index (κ2) is 9.43. The van der Waals surface area contributed by atoms with Crippen molar-refractivity contribution in [3.63, 3.8) is 0 Å². The van der Waals surface area contributed by atoms with Gasteiger partial charge < -0.3 is 10.6 Å². The molecule has 136 valence electrons. The Morgan fingerprint density at radius 1 is 1.12 bits per heavy atom. The molecule has 0 atom stereocenters. The molecule has 2 aromatic carbocycles. The normalized spacial score (nSPS) is 10.7. The van der Waals surface area contributed by atoms with Crippen molar-refractivity contribution in [2.24, 2.45) is 0 Å². The molecule has 0 saturated heterocycles. The number of carbonyl (C=O) groups excluding carboxylic acids is 1. The lowest BCUT2D eigenvalue weighted by molar-refractivity contribution is -0.383. The first-order valence-corrected chi connectivity index (χ1v) is 8.59. The number of nitrogens with zero attached hydrogens (tertiary/aromatic N) is 1. The molecule has 0 heterocycles. The zero-order chi connectivity index (χ0) is 19.1. The van der Waals surface area contributed by atoms with Crippen molar-refractivity contribution < 1.29 is 9.72 Å². The summed E-state index contributed by atoms with van der Waals surface area (Å²) in [7, 11) is 0. The summed E-state index contributed by atoms with van der Waals surface area (Å²) in [5.41, 5.74) is 0.758. The quantitative estimate of drug-likeness (QED) is 0.295. The molecule has 0 aliphatic heterocycles. The molecule has 0 bridgehead atoms. The molecule has 1 amide bonds. The molecule has 0 radical (unpaired) electrons. The number of anilines is 1. The molecule has 0 aliphatic rings. The molecule has 0 unspecified atom stereocenters. The second-order valence-electron chi connectivity index (χ2n) is 5.11. The number of hydrogen-bond donors (Lipinski definition) is 2. The molecule has 26 heavy (non-hydrogen) atoms. The Morgan fingerprint density at radius 3 is 2.58 bits per heavy atom. The van der Waals surface area contributed by atoms with E-state index < -0.39 is 4.92 Å². The molecular weight excluding hydrogens is 401 g/mol. The molecule has 2 N–H and O–H groups in total. The average Bonchev–Trinajstić information content (AvgIpc) is 2.58. The number of para-hydroxylation sites is 1. The number of benzene rings is 2. The molecule has 0 aliphatic carbocycles. The van der Waals surface area contributed by atoms with Gasteiger partial charge in [-0.3, -0.25) is 14.9 Å². The van der Waals surface area contributed by atoms with Gasteiger partial charge in [0.2, 0.25) is 5.91 Å². The highest BCUT2D eigenvalue weighted by atomic mass is 35.5. The predicted molar refractivity (Wildman–Crippen MR) is 105 cm³/mol. The van der Waals surface area contributed by atoms with E-state index in [4.69, 9.17) is 34.8 Å². The third-order valence-corrected chi connectivity index (χ3v) is 4.17. The van der Waals surface area contributed by atoms with Crippen LogP contribution in [0.2, 0.25) is 15.1 Å². The first-order chi connectivity index (χ1) is 12.4. The number of amides is 1. The van der Waals surface area contributed by atoms with E-state index in [2.05, 4.69) is 10.6 Å². The van der Waals surface area contributed by atoms with Crippen LogP contribution in [0.1, 0.15) is 5.56 Å². The second-order valence-corrected chi connectivity index (χ2v) is 6.36. The molecular formula is C17H14Cl3N3O3. The van der Waals surface area contributed by atoms with Gasteiger partial charge >= 0.3 is 0 Å². The topological polar surface area (TPSA) is 84.3 Å². The third kappa shape index (κ3) is 5.62. The Morgan fingerprint density at radius 2 is 1.88 bits per heavy atom.